The van der Waals surface area contributed by atoms with E-state index in [0.29, 0.717) is 44.6 Å². The van der Waals surface area contributed by atoms with Crippen LogP contribution in [0.15, 0.2) is 36.1 Å². The second-order valence-corrected chi connectivity index (χ2v) is 7.41. The number of rotatable bonds is 6. The lowest BCUT2D eigenvalue weighted by Crippen LogP contribution is -2.43. The van der Waals surface area contributed by atoms with Gasteiger partial charge in [-0.05, 0) is 29.0 Å². The van der Waals surface area contributed by atoms with Gasteiger partial charge in [-0.15, -0.1) is 0 Å². The summed E-state index contributed by atoms with van der Waals surface area (Å²) in [6.07, 6.45) is 2.24. The van der Waals surface area contributed by atoms with Crippen LogP contribution in [-0.2, 0) is 32.2 Å². The lowest BCUT2D eigenvalue weighted by molar-refractivity contribution is -0.161. The van der Waals surface area contributed by atoms with Crippen molar-refractivity contribution in [2.24, 2.45) is 11.8 Å². The van der Waals surface area contributed by atoms with Gasteiger partial charge in [-0.3, -0.25) is 4.79 Å². The summed E-state index contributed by atoms with van der Waals surface area (Å²) in [4.78, 5) is 14.6. The van der Waals surface area contributed by atoms with E-state index in [1.54, 1.807) is 4.90 Å². The molecule has 1 amide bonds. The van der Waals surface area contributed by atoms with E-state index in [1.165, 1.54) is 0 Å². The van der Waals surface area contributed by atoms with E-state index in [9.17, 15) is 4.79 Å². The number of morpholine rings is 1. The fourth-order valence-electron chi connectivity index (χ4n) is 3.25. The first-order valence-electron chi connectivity index (χ1n) is 9.62. The SMILES string of the molecule is CC(C)[C@H]1C=C(C(=O)N2CCOCC2)OC(OCc2ccc(CO)cc2)C1. The molecule has 2 atom stereocenters. The Morgan fingerprint density at radius 3 is 2.52 bits per heavy atom. The Hall–Kier alpha value is -1.89. The van der Waals surface area contributed by atoms with Crippen LogP contribution in [0.2, 0.25) is 0 Å². The molecule has 0 aliphatic carbocycles. The number of aliphatic hydroxyl groups excluding tert-OH is 1. The summed E-state index contributed by atoms with van der Waals surface area (Å²) in [6, 6.07) is 7.63. The molecular formula is C21H29NO5. The van der Waals surface area contributed by atoms with Gasteiger partial charge in [0.15, 0.2) is 5.76 Å². The third kappa shape index (κ3) is 5.31. The van der Waals surface area contributed by atoms with Crippen molar-refractivity contribution in [1.82, 2.24) is 4.90 Å². The van der Waals surface area contributed by atoms with E-state index < -0.39 is 6.29 Å². The van der Waals surface area contributed by atoms with Crippen LogP contribution in [0.5, 0.6) is 0 Å². The van der Waals surface area contributed by atoms with Crippen molar-refractivity contribution in [2.45, 2.75) is 39.8 Å². The number of allylic oxidation sites excluding steroid dienone is 1. The van der Waals surface area contributed by atoms with Crippen molar-refractivity contribution in [2.75, 3.05) is 26.3 Å². The van der Waals surface area contributed by atoms with Crippen LogP contribution in [-0.4, -0.2) is 48.5 Å². The minimum absolute atomic E-state index is 0.0285. The zero-order valence-corrected chi connectivity index (χ0v) is 16.1. The standard InChI is InChI=1S/C21H29NO5/c1-15(2)18-11-19(21(24)22-7-9-25-10-8-22)27-20(12-18)26-14-17-5-3-16(13-23)4-6-17/h3-6,11,15,18,20,23H,7-10,12-14H2,1-2H3/t18-,20?/m0/s1. The molecule has 6 heteroatoms. The largest absolute Gasteiger partial charge is 0.459 e. The summed E-state index contributed by atoms with van der Waals surface area (Å²) in [5, 5.41) is 9.13. The van der Waals surface area contributed by atoms with E-state index in [1.807, 2.05) is 30.3 Å². The molecule has 0 aromatic heterocycles. The number of carbonyl (C=O) groups is 1. The van der Waals surface area contributed by atoms with E-state index >= 15 is 0 Å². The van der Waals surface area contributed by atoms with Gasteiger partial charge < -0.3 is 24.2 Å². The minimum Gasteiger partial charge on any atom is -0.459 e. The van der Waals surface area contributed by atoms with Gasteiger partial charge in [0.1, 0.15) is 0 Å². The Morgan fingerprint density at radius 2 is 1.89 bits per heavy atom. The van der Waals surface area contributed by atoms with E-state index in [0.717, 1.165) is 17.5 Å². The molecule has 0 saturated carbocycles. The van der Waals surface area contributed by atoms with Crippen molar-refractivity contribution in [1.29, 1.82) is 0 Å². The number of aliphatic hydroxyl groups is 1. The summed E-state index contributed by atoms with van der Waals surface area (Å²) in [5.74, 6) is 0.948. The highest BCUT2D eigenvalue weighted by atomic mass is 16.7. The number of nitrogens with zero attached hydrogens (tertiary/aromatic N) is 1. The Kier molecular flexibility index (Phi) is 6.88. The number of ether oxygens (including phenoxy) is 3. The van der Waals surface area contributed by atoms with Crippen LogP contribution in [0.4, 0.5) is 0 Å². The van der Waals surface area contributed by atoms with E-state index in [4.69, 9.17) is 19.3 Å². The van der Waals surface area contributed by atoms with Gasteiger partial charge in [0.25, 0.3) is 5.91 Å². The minimum atomic E-state index is -0.445. The van der Waals surface area contributed by atoms with Crippen LogP contribution in [0.3, 0.4) is 0 Å². The quantitative estimate of drug-likeness (QED) is 0.827. The summed E-state index contributed by atoms with van der Waals surface area (Å²) < 4.78 is 17.2. The highest BCUT2D eigenvalue weighted by Crippen LogP contribution is 2.30. The van der Waals surface area contributed by atoms with E-state index in [2.05, 4.69) is 13.8 Å². The molecule has 3 rings (SSSR count). The number of carbonyl (C=O) groups excluding carboxylic acids is 1. The van der Waals surface area contributed by atoms with Gasteiger partial charge in [0.05, 0.1) is 26.4 Å². The molecule has 0 radical (unpaired) electrons. The average molecular weight is 375 g/mol. The summed E-state index contributed by atoms with van der Waals surface area (Å²) in [6.45, 7) is 7.04. The molecular weight excluding hydrogens is 346 g/mol. The number of hydrogen-bond donors (Lipinski definition) is 1. The number of benzene rings is 1. The molecule has 1 fully saturated rings. The smallest absolute Gasteiger partial charge is 0.288 e. The molecule has 2 heterocycles. The second-order valence-electron chi connectivity index (χ2n) is 7.41. The highest BCUT2D eigenvalue weighted by Gasteiger charge is 2.32. The topological polar surface area (TPSA) is 68.2 Å². The maximum absolute atomic E-state index is 12.8. The van der Waals surface area contributed by atoms with Crippen molar-refractivity contribution < 1.29 is 24.1 Å². The fraction of sp³-hybridized carbons (Fsp3) is 0.571. The molecule has 1 N–H and O–H groups in total. The summed E-state index contributed by atoms with van der Waals surface area (Å²) in [7, 11) is 0. The van der Waals surface area contributed by atoms with Crippen LogP contribution < -0.4 is 0 Å². The summed E-state index contributed by atoms with van der Waals surface area (Å²) in [5.41, 5.74) is 1.88. The molecule has 0 bridgehead atoms. The number of amides is 1. The second kappa shape index (κ2) is 9.35. The average Bonchev–Trinajstić information content (AvgIpc) is 2.72. The van der Waals surface area contributed by atoms with Gasteiger partial charge in [0.2, 0.25) is 6.29 Å². The molecule has 1 unspecified atom stereocenters. The van der Waals surface area contributed by atoms with Crippen molar-refractivity contribution in [3.05, 3.63) is 47.2 Å². The van der Waals surface area contributed by atoms with Crippen LogP contribution in [0.25, 0.3) is 0 Å². The molecule has 27 heavy (non-hydrogen) atoms. The summed E-state index contributed by atoms with van der Waals surface area (Å²) >= 11 is 0. The fourth-order valence-corrected chi connectivity index (χ4v) is 3.25. The van der Waals surface area contributed by atoms with Gasteiger partial charge in [-0.1, -0.05) is 38.1 Å². The maximum Gasteiger partial charge on any atom is 0.288 e. The van der Waals surface area contributed by atoms with Crippen LogP contribution in [0, 0.1) is 11.8 Å². The first kappa shape index (κ1) is 19.9. The van der Waals surface area contributed by atoms with Gasteiger partial charge >= 0.3 is 0 Å². The Balaban J connectivity index is 1.63. The van der Waals surface area contributed by atoms with E-state index in [-0.39, 0.29) is 18.4 Å². The van der Waals surface area contributed by atoms with Crippen molar-refractivity contribution in [3.8, 4) is 0 Å². The monoisotopic (exact) mass is 375 g/mol. The molecule has 0 spiro atoms. The zero-order valence-electron chi connectivity index (χ0n) is 16.1. The maximum atomic E-state index is 12.8. The molecule has 148 valence electrons. The third-order valence-electron chi connectivity index (χ3n) is 5.10. The van der Waals surface area contributed by atoms with Crippen molar-refractivity contribution >= 4 is 5.91 Å². The molecule has 2 aliphatic rings. The molecule has 1 saturated heterocycles. The zero-order chi connectivity index (χ0) is 19.2. The first-order chi connectivity index (χ1) is 13.1. The predicted octanol–water partition coefficient (Wildman–Crippen LogP) is 2.46. The first-order valence-corrected chi connectivity index (χ1v) is 9.62. The molecule has 1 aromatic carbocycles. The van der Waals surface area contributed by atoms with Gasteiger partial charge in [-0.25, -0.2) is 0 Å². The lowest BCUT2D eigenvalue weighted by atomic mass is 9.90. The third-order valence-corrected chi connectivity index (χ3v) is 5.10. The molecule has 1 aromatic rings. The highest BCUT2D eigenvalue weighted by molar-refractivity contribution is 5.91. The van der Waals surface area contributed by atoms with Crippen LogP contribution >= 0.6 is 0 Å². The van der Waals surface area contributed by atoms with Gasteiger partial charge in [0, 0.05) is 19.5 Å². The lowest BCUT2D eigenvalue weighted by Gasteiger charge is -2.34. The molecule has 2 aliphatic heterocycles. The Labute approximate surface area is 160 Å². The predicted molar refractivity (Wildman–Crippen MR) is 100 cm³/mol. The Bertz CT molecular complexity index is 649. The number of hydrogen-bond acceptors (Lipinski definition) is 5. The Morgan fingerprint density at radius 1 is 1.22 bits per heavy atom. The van der Waals surface area contributed by atoms with Crippen molar-refractivity contribution in [3.63, 3.8) is 0 Å². The molecule has 6 nitrogen and oxygen atoms in total. The van der Waals surface area contributed by atoms with Gasteiger partial charge in [-0.2, -0.15) is 0 Å². The van der Waals surface area contributed by atoms with Crippen LogP contribution in [0.1, 0.15) is 31.4 Å². The normalized spacial score (nSPS) is 23.1.